The fourth-order valence-electron chi connectivity index (χ4n) is 3.07. The maximum absolute atomic E-state index is 12.4. The number of carbonyl (C=O) groups excluding carboxylic acids is 2. The van der Waals surface area contributed by atoms with Crippen LogP contribution in [0.1, 0.15) is 36.5 Å². The number of fused-ring (bicyclic) bond motifs is 1. The van der Waals surface area contributed by atoms with E-state index >= 15 is 0 Å². The molecule has 0 radical (unpaired) electrons. The average molecular weight is 336 g/mol. The molecule has 0 spiro atoms. The van der Waals surface area contributed by atoms with Gasteiger partial charge in [0.25, 0.3) is 15.9 Å². The van der Waals surface area contributed by atoms with Crippen LogP contribution in [0, 0.1) is 5.92 Å². The number of rotatable bonds is 3. The smallest absolute Gasteiger partial charge is 0.269 e. The molecule has 2 heterocycles. The van der Waals surface area contributed by atoms with E-state index in [0.717, 1.165) is 17.1 Å². The molecule has 3 rings (SSSR count). The first-order chi connectivity index (χ1) is 10.9. The minimum atomic E-state index is -3.82. The monoisotopic (exact) mass is 336 g/mol. The summed E-state index contributed by atoms with van der Waals surface area (Å²) >= 11 is 0. The predicted molar refractivity (Wildman–Crippen MR) is 84.3 cm³/mol. The van der Waals surface area contributed by atoms with Gasteiger partial charge in [-0.25, -0.2) is 12.7 Å². The Morgan fingerprint density at radius 1 is 1.22 bits per heavy atom. The van der Waals surface area contributed by atoms with E-state index in [2.05, 4.69) is 6.92 Å². The maximum Gasteiger partial charge on any atom is 0.269 e. The zero-order valence-electron chi connectivity index (χ0n) is 13.1. The summed E-state index contributed by atoms with van der Waals surface area (Å²) in [5, 5.41) is 0. The Morgan fingerprint density at radius 3 is 2.52 bits per heavy atom. The van der Waals surface area contributed by atoms with E-state index in [1.165, 1.54) is 12.1 Å². The number of hydrogen-bond donors (Lipinski definition) is 0. The molecule has 0 aromatic heterocycles. The SMILES string of the molecule is CC1CCN(C(=O)CCN2C(=O)c3ccccc3S2(=O)=O)CC1. The first kappa shape index (κ1) is 16.0. The quantitative estimate of drug-likeness (QED) is 0.838. The number of carbonyl (C=O) groups is 2. The van der Waals surface area contributed by atoms with Gasteiger partial charge in [-0.05, 0) is 30.9 Å². The third-order valence-electron chi connectivity index (χ3n) is 4.58. The van der Waals surface area contributed by atoms with Crippen molar-refractivity contribution in [3.63, 3.8) is 0 Å². The van der Waals surface area contributed by atoms with Gasteiger partial charge in [-0.15, -0.1) is 0 Å². The van der Waals surface area contributed by atoms with Crippen molar-refractivity contribution in [2.45, 2.75) is 31.1 Å². The summed E-state index contributed by atoms with van der Waals surface area (Å²) < 4.78 is 25.6. The van der Waals surface area contributed by atoms with E-state index in [4.69, 9.17) is 0 Å². The molecule has 1 aromatic rings. The molecule has 1 aromatic carbocycles. The van der Waals surface area contributed by atoms with Crippen LogP contribution in [0.2, 0.25) is 0 Å². The zero-order chi connectivity index (χ0) is 16.6. The summed E-state index contributed by atoms with van der Waals surface area (Å²) in [6, 6.07) is 6.16. The van der Waals surface area contributed by atoms with Crippen LogP contribution in [-0.2, 0) is 14.8 Å². The highest BCUT2D eigenvalue weighted by Gasteiger charge is 2.40. The molecule has 124 valence electrons. The lowest BCUT2D eigenvalue weighted by molar-refractivity contribution is -0.132. The van der Waals surface area contributed by atoms with Gasteiger partial charge in [-0.1, -0.05) is 19.1 Å². The van der Waals surface area contributed by atoms with E-state index in [1.807, 2.05) is 0 Å². The fourth-order valence-corrected chi connectivity index (χ4v) is 4.64. The molecule has 0 N–H and O–H groups in total. The van der Waals surface area contributed by atoms with Crippen LogP contribution in [0.3, 0.4) is 0 Å². The number of sulfonamides is 1. The van der Waals surface area contributed by atoms with E-state index < -0.39 is 15.9 Å². The molecule has 0 saturated carbocycles. The van der Waals surface area contributed by atoms with Crippen LogP contribution < -0.4 is 0 Å². The van der Waals surface area contributed by atoms with Crippen molar-refractivity contribution in [3.05, 3.63) is 29.8 Å². The second-order valence-corrected chi connectivity index (χ2v) is 8.02. The Kier molecular flexibility index (Phi) is 4.14. The van der Waals surface area contributed by atoms with E-state index in [1.54, 1.807) is 17.0 Å². The summed E-state index contributed by atoms with van der Waals surface area (Å²) in [6.45, 7) is 3.48. The summed E-state index contributed by atoms with van der Waals surface area (Å²) in [7, 11) is -3.82. The topological polar surface area (TPSA) is 74.8 Å². The van der Waals surface area contributed by atoms with Crippen LogP contribution in [0.5, 0.6) is 0 Å². The van der Waals surface area contributed by atoms with E-state index in [9.17, 15) is 18.0 Å². The number of hydrogen-bond acceptors (Lipinski definition) is 4. The highest BCUT2D eigenvalue weighted by molar-refractivity contribution is 7.90. The van der Waals surface area contributed by atoms with Crippen molar-refractivity contribution in [3.8, 4) is 0 Å². The summed E-state index contributed by atoms with van der Waals surface area (Å²) in [4.78, 5) is 26.3. The van der Waals surface area contributed by atoms with Gasteiger partial charge >= 0.3 is 0 Å². The summed E-state index contributed by atoms with van der Waals surface area (Å²) in [5.74, 6) is -0.00870. The highest BCUT2D eigenvalue weighted by atomic mass is 32.2. The normalized spacial score (nSPS) is 20.7. The van der Waals surface area contributed by atoms with E-state index in [0.29, 0.717) is 19.0 Å². The standard InChI is InChI=1S/C16H20N2O4S/c1-12-6-9-17(10-7-12)15(19)8-11-18-16(20)13-4-2-3-5-14(13)23(18,21)22/h2-5,12H,6-11H2,1H3. The second-order valence-electron chi connectivity index (χ2n) is 6.19. The van der Waals surface area contributed by atoms with Gasteiger partial charge in [-0.3, -0.25) is 9.59 Å². The van der Waals surface area contributed by atoms with E-state index in [-0.39, 0.29) is 29.3 Å². The lowest BCUT2D eigenvalue weighted by Gasteiger charge is -2.30. The highest BCUT2D eigenvalue weighted by Crippen LogP contribution is 2.30. The average Bonchev–Trinajstić information content (AvgIpc) is 2.73. The number of benzene rings is 1. The van der Waals surface area contributed by atoms with Gasteiger partial charge in [0.2, 0.25) is 5.91 Å². The molecule has 1 saturated heterocycles. The molecule has 2 aliphatic rings. The van der Waals surface area contributed by atoms with Gasteiger partial charge in [0, 0.05) is 26.1 Å². The molecule has 6 nitrogen and oxygen atoms in total. The number of piperidine rings is 1. The minimum absolute atomic E-state index is 0.0317. The van der Waals surface area contributed by atoms with Crippen molar-refractivity contribution in [2.75, 3.05) is 19.6 Å². The molecule has 1 fully saturated rings. The summed E-state index contributed by atoms with van der Waals surface area (Å²) in [5.41, 5.74) is 0.187. The molecular formula is C16H20N2O4S. The Bertz CT molecular complexity index is 736. The molecule has 0 bridgehead atoms. The molecule has 0 aliphatic carbocycles. The van der Waals surface area contributed by atoms with Crippen molar-refractivity contribution in [2.24, 2.45) is 5.92 Å². The molecule has 0 unspecified atom stereocenters. The Balaban J connectivity index is 1.68. The third kappa shape index (κ3) is 2.85. The lowest BCUT2D eigenvalue weighted by atomic mass is 9.99. The number of likely N-dealkylation sites (tertiary alicyclic amines) is 1. The fraction of sp³-hybridized carbons (Fsp3) is 0.500. The molecule has 23 heavy (non-hydrogen) atoms. The Labute approximate surface area is 136 Å². The predicted octanol–water partition coefficient (Wildman–Crippen LogP) is 1.48. The van der Waals surface area contributed by atoms with Crippen LogP contribution in [0.25, 0.3) is 0 Å². The third-order valence-corrected chi connectivity index (χ3v) is 6.42. The van der Waals surface area contributed by atoms with Crippen LogP contribution >= 0.6 is 0 Å². The number of amides is 2. The van der Waals surface area contributed by atoms with Crippen LogP contribution in [-0.4, -0.2) is 49.1 Å². The van der Waals surface area contributed by atoms with Gasteiger partial charge < -0.3 is 4.90 Å². The zero-order valence-corrected chi connectivity index (χ0v) is 13.9. The first-order valence-electron chi connectivity index (χ1n) is 7.85. The second kappa shape index (κ2) is 5.96. The molecule has 2 amide bonds. The molecular weight excluding hydrogens is 316 g/mol. The van der Waals surface area contributed by atoms with Crippen molar-refractivity contribution >= 4 is 21.8 Å². The molecule has 7 heteroatoms. The van der Waals surface area contributed by atoms with Gasteiger partial charge in [0.15, 0.2) is 0 Å². The van der Waals surface area contributed by atoms with Gasteiger partial charge in [-0.2, -0.15) is 0 Å². The molecule has 0 atom stereocenters. The van der Waals surface area contributed by atoms with Gasteiger partial charge in [0.1, 0.15) is 4.90 Å². The van der Waals surface area contributed by atoms with Crippen LogP contribution in [0.15, 0.2) is 29.2 Å². The van der Waals surface area contributed by atoms with Crippen molar-refractivity contribution in [1.29, 1.82) is 0 Å². The number of nitrogens with zero attached hydrogens (tertiary/aromatic N) is 2. The van der Waals surface area contributed by atoms with Crippen LogP contribution in [0.4, 0.5) is 0 Å². The van der Waals surface area contributed by atoms with Gasteiger partial charge in [0.05, 0.1) is 5.56 Å². The van der Waals surface area contributed by atoms with Crippen molar-refractivity contribution < 1.29 is 18.0 Å². The maximum atomic E-state index is 12.4. The Hall–Kier alpha value is -1.89. The lowest BCUT2D eigenvalue weighted by Crippen LogP contribution is -2.40. The summed E-state index contributed by atoms with van der Waals surface area (Å²) in [6.07, 6.45) is 1.98. The minimum Gasteiger partial charge on any atom is -0.343 e. The van der Waals surface area contributed by atoms with Crippen molar-refractivity contribution in [1.82, 2.24) is 9.21 Å². The first-order valence-corrected chi connectivity index (χ1v) is 9.29. The Morgan fingerprint density at radius 2 is 1.87 bits per heavy atom. The largest absolute Gasteiger partial charge is 0.343 e. The molecule has 2 aliphatic heterocycles.